The second kappa shape index (κ2) is 9.86. The van der Waals surface area contributed by atoms with Crippen molar-refractivity contribution in [3.63, 3.8) is 0 Å². The van der Waals surface area contributed by atoms with Gasteiger partial charge in [-0.15, -0.1) is 0 Å². The molecule has 0 aliphatic carbocycles. The number of hydrogen-bond acceptors (Lipinski definition) is 3. The van der Waals surface area contributed by atoms with Gasteiger partial charge < -0.3 is 10.4 Å². The third-order valence-electron chi connectivity index (χ3n) is 1.49. The fourth-order valence-corrected chi connectivity index (χ4v) is 1.63. The van der Waals surface area contributed by atoms with Crippen molar-refractivity contribution < 1.29 is 9.90 Å². The lowest BCUT2D eigenvalue weighted by Gasteiger charge is -2.03. The van der Waals surface area contributed by atoms with Gasteiger partial charge in [-0.3, -0.25) is 4.79 Å². The van der Waals surface area contributed by atoms with Gasteiger partial charge in [0.05, 0.1) is 0 Å². The lowest BCUT2D eigenvalue weighted by Crippen LogP contribution is -2.25. The van der Waals surface area contributed by atoms with Gasteiger partial charge in [-0.2, -0.15) is 11.8 Å². The van der Waals surface area contributed by atoms with Gasteiger partial charge in [0.15, 0.2) is 0 Å². The Balaban J connectivity index is 3.02. The second-order valence-corrected chi connectivity index (χ2v) is 4.01. The van der Waals surface area contributed by atoms with E-state index < -0.39 is 0 Å². The van der Waals surface area contributed by atoms with Crippen molar-refractivity contribution in [2.45, 2.75) is 26.2 Å². The van der Waals surface area contributed by atoms with Crippen LogP contribution in [0.15, 0.2) is 0 Å². The number of carbonyl (C=O) groups is 1. The maximum Gasteiger partial charge on any atom is 0.220 e. The highest BCUT2D eigenvalue weighted by Crippen LogP contribution is 2.00. The zero-order chi connectivity index (χ0) is 9.94. The number of carbonyl (C=O) groups excluding carboxylic acids is 1. The van der Waals surface area contributed by atoms with Gasteiger partial charge in [-0.1, -0.05) is 6.92 Å². The first-order chi connectivity index (χ1) is 6.31. The van der Waals surface area contributed by atoms with Gasteiger partial charge in [0.25, 0.3) is 0 Å². The monoisotopic (exact) mass is 205 g/mol. The van der Waals surface area contributed by atoms with Crippen LogP contribution in [0.5, 0.6) is 0 Å². The molecule has 4 heteroatoms. The molecule has 0 saturated carbocycles. The molecule has 1 amide bonds. The topological polar surface area (TPSA) is 49.3 Å². The van der Waals surface area contributed by atoms with Crippen LogP contribution >= 0.6 is 11.8 Å². The van der Waals surface area contributed by atoms with E-state index in [0.29, 0.717) is 6.42 Å². The first-order valence-electron chi connectivity index (χ1n) is 4.76. The number of aliphatic hydroxyl groups excluding tert-OH is 1. The average Bonchev–Trinajstić information content (AvgIpc) is 2.11. The average molecular weight is 205 g/mol. The van der Waals surface area contributed by atoms with Crippen molar-refractivity contribution in [2.24, 2.45) is 0 Å². The molecule has 0 aliphatic rings. The molecule has 2 N–H and O–H groups in total. The van der Waals surface area contributed by atoms with E-state index in [9.17, 15) is 4.79 Å². The summed E-state index contributed by atoms with van der Waals surface area (Å²) in [4.78, 5) is 11.0. The molecule has 0 bridgehead atoms. The molecule has 0 heterocycles. The number of thioether (sulfide) groups is 1. The minimum Gasteiger partial charge on any atom is -0.396 e. The van der Waals surface area contributed by atoms with Crippen molar-refractivity contribution in [1.82, 2.24) is 5.32 Å². The summed E-state index contributed by atoms with van der Waals surface area (Å²) in [6.45, 7) is 3.00. The van der Waals surface area contributed by atoms with Crippen LogP contribution in [0, 0.1) is 0 Å². The largest absolute Gasteiger partial charge is 0.396 e. The van der Waals surface area contributed by atoms with Gasteiger partial charge in [-0.05, 0) is 18.6 Å². The summed E-state index contributed by atoms with van der Waals surface area (Å²) in [7, 11) is 0. The highest BCUT2D eigenvalue weighted by Gasteiger charge is 1.96. The molecule has 0 unspecified atom stereocenters. The number of nitrogens with one attached hydrogen (secondary N) is 1. The molecule has 0 aromatic heterocycles. The number of hydrogen-bond donors (Lipinski definition) is 2. The molecule has 0 rings (SSSR count). The fraction of sp³-hybridized carbons (Fsp3) is 0.889. The van der Waals surface area contributed by atoms with E-state index >= 15 is 0 Å². The van der Waals surface area contributed by atoms with Crippen molar-refractivity contribution in [2.75, 3.05) is 24.7 Å². The summed E-state index contributed by atoms with van der Waals surface area (Å²) >= 11 is 1.76. The van der Waals surface area contributed by atoms with Crippen LogP contribution in [0.25, 0.3) is 0 Å². The number of aliphatic hydroxyl groups is 1. The smallest absolute Gasteiger partial charge is 0.220 e. The number of rotatable bonds is 8. The molecule has 0 atom stereocenters. The van der Waals surface area contributed by atoms with Crippen LogP contribution in [0.2, 0.25) is 0 Å². The minimum absolute atomic E-state index is 0.144. The van der Waals surface area contributed by atoms with Crippen LogP contribution in [0.1, 0.15) is 26.2 Å². The zero-order valence-corrected chi connectivity index (χ0v) is 9.03. The molecule has 0 aromatic carbocycles. The Labute approximate surface area is 84.3 Å². The molecule has 3 nitrogen and oxygen atoms in total. The van der Waals surface area contributed by atoms with E-state index in [0.717, 1.165) is 30.9 Å². The Morgan fingerprint density at radius 3 is 2.85 bits per heavy atom. The van der Waals surface area contributed by atoms with Crippen LogP contribution in [0.3, 0.4) is 0 Å². The molecule has 0 aliphatic heterocycles. The molecule has 78 valence electrons. The first kappa shape index (κ1) is 12.8. The Bertz CT molecular complexity index is 131. The van der Waals surface area contributed by atoms with Crippen LogP contribution in [-0.4, -0.2) is 35.7 Å². The SMILES string of the molecule is CCCC(=O)NCCSCCCO. The zero-order valence-electron chi connectivity index (χ0n) is 8.21. The van der Waals surface area contributed by atoms with Crippen molar-refractivity contribution in [1.29, 1.82) is 0 Å². The van der Waals surface area contributed by atoms with Gasteiger partial charge in [0.2, 0.25) is 5.91 Å². The Hall–Kier alpha value is -0.220. The first-order valence-corrected chi connectivity index (χ1v) is 5.92. The lowest BCUT2D eigenvalue weighted by atomic mass is 10.3. The summed E-state index contributed by atoms with van der Waals surface area (Å²) in [5, 5.41) is 11.3. The lowest BCUT2D eigenvalue weighted by molar-refractivity contribution is -0.120. The molecule has 0 radical (unpaired) electrons. The van der Waals surface area contributed by atoms with E-state index in [4.69, 9.17) is 5.11 Å². The summed E-state index contributed by atoms with van der Waals surface area (Å²) in [6, 6.07) is 0. The third-order valence-corrected chi connectivity index (χ3v) is 2.56. The van der Waals surface area contributed by atoms with Crippen molar-refractivity contribution in [3.8, 4) is 0 Å². The number of amides is 1. The predicted octanol–water partition coefficient (Wildman–Crippen LogP) is 1.02. The predicted molar refractivity (Wildman–Crippen MR) is 56.9 cm³/mol. The molecule has 0 aromatic rings. The second-order valence-electron chi connectivity index (χ2n) is 2.79. The quantitative estimate of drug-likeness (QED) is 0.582. The minimum atomic E-state index is 0.144. The Kier molecular flexibility index (Phi) is 9.70. The van der Waals surface area contributed by atoms with Crippen LogP contribution in [-0.2, 0) is 4.79 Å². The standard InChI is InChI=1S/C9H19NO2S/c1-2-4-9(12)10-5-8-13-7-3-6-11/h11H,2-8H2,1H3,(H,10,12). The highest BCUT2D eigenvalue weighted by atomic mass is 32.2. The summed E-state index contributed by atoms with van der Waals surface area (Å²) in [5.74, 6) is 2.06. The van der Waals surface area contributed by atoms with Crippen LogP contribution < -0.4 is 5.32 Å². The van der Waals surface area contributed by atoms with Gasteiger partial charge in [0, 0.05) is 25.3 Å². The van der Waals surface area contributed by atoms with Gasteiger partial charge in [0.1, 0.15) is 0 Å². The Morgan fingerprint density at radius 2 is 2.23 bits per heavy atom. The van der Waals surface area contributed by atoms with E-state index in [1.54, 1.807) is 11.8 Å². The molecule has 0 fully saturated rings. The van der Waals surface area contributed by atoms with Crippen molar-refractivity contribution >= 4 is 17.7 Å². The molecule has 13 heavy (non-hydrogen) atoms. The summed E-state index contributed by atoms with van der Waals surface area (Å²) in [6.07, 6.45) is 2.37. The molecule has 0 saturated heterocycles. The maximum atomic E-state index is 11.0. The summed E-state index contributed by atoms with van der Waals surface area (Å²) in [5.41, 5.74) is 0. The normalized spacial score (nSPS) is 10.0. The Morgan fingerprint density at radius 1 is 1.46 bits per heavy atom. The van der Waals surface area contributed by atoms with Crippen LogP contribution in [0.4, 0.5) is 0 Å². The molecular weight excluding hydrogens is 186 g/mol. The van der Waals surface area contributed by atoms with E-state index in [1.807, 2.05) is 6.92 Å². The molecular formula is C9H19NO2S. The highest BCUT2D eigenvalue weighted by molar-refractivity contribution is 7.99. The fourth-order valence-electron chi connectivity index (χ4n) is 0.847. The van der Waals surface area contributed by atoms with E-state index in [2.05, 4.69) is 5.32 Å². The molecule has 0 spiro atoms. The maximum absolute atomic E-state index is 11.0. The third kappa shape index (κ3) is 9.70. The summed E-state index contributed by atoms with van der Waals surface area (Å²) < 4.78 is 0. The van der Waals surface area contributed by atoms with E-state index in [1.165, 1.54) is 0 Å². The van der Waals surface area contributed by atoms with Crippen molar-refractivity contribution in [3.05, 3.63) is 0 Å². The van der Waals surface area contributed by atoms with E-state index in [-0.39, 0.29) is 12.5 Å². The van der Waals surface area contributed by atoms with Gasteiger partial charge >= 0.3 is 0 Å². The van der Waals surface area contributed by atoms with Gasteiger partial charge in [-0.25, -0.2) is 0 Å².